The molecule has 80 valence electrons. The molecule has 2 rings (SSSR count). The van der Waals surface area contributed by atoms with Gasteiger partial charge >= 0.3 is 0 Å². The van der Waals surface area contributed by atoms with Crippen LogP contribution >= 0.6 is 0 Å². The molecule has 1 aromatic carbocycles. The van der Waals surface area contributed by atoms with Gasteiger partial charge in [0.2, 0.25) is 0 Å². The number of rotatable bonds is 1. The third-order valence-corrected chi connectivity index (χ3v) is 2.05. The number of carbonyl (C=O) groups is 1. The van der Waals surface area contributed by atoms with E-state index in [2.05, 4.69) is 9.98 Å². The molecule has 0 bridgehead atoms. The molecule has 1 amide bonds. The first-order valence-corrected chi connectivity index (χ1v) is 4.82. The van der Waals surface area contributed by atoms with Gasteiger partial charge in [0.25, 0.3) is 5.91 Å². The van der Waals surface area contributed by atoms with E-state index in [1.807, 2.05) is 6.08 Å². The van der Waals surface area contributed by atoms with Crippen LogP contribution in [0.1, 0.15) is 16.8 Å². The highest BCUT2D eigenvalue weighted by atomic mass is 19.1. The number of dihydropyridines is 1. The van der Waals surface area contributed by atoms with E-state index in [-0.39, 0.29) is 5.56 Å². The lowest BCUT2D eigenvalue weighted by Gasteiger charge is -2.00. The van der Waals surface area contributed by atoms with Crippen LogP contribution in [0.2, 0.25) is 0 Å². The highest BCUT2D eigenvalue weighted by molar-refractivity contribution is 6.06. The van der Waals surface area contributed by atoms with Gasteiger partial charge in [0.15, 0.2) is 0 Å². The quantitative estimate of drug-likeness (QED) is 0.710. The van der Waals surface area contributed by atoms with Gasteiger partial charge in [-0.2, -0.15) is 4.99 Å². The van der Waals surface area contributed by atoms with Crippen molar-refractivity contribution >= 4 is 18.0 Å². The predicted octanol–water partition coefficient (Wildman–Crippen LogP) is 2.40. The largest absolute Gasteiger partial charge is 0.278 e. The third-order valence-electron chi connectivity index (χ3n) is 2.05. The van der Waals surface area contributed by atoms with Crippen LogP contribution in [-0.4, -0.2) is 18.0 Å². The fourth-order valence-electron chi connectivity index (χ4n) is 1.29. The molecule has 0 fully saturated rings. The summed E-state index contributed by atoms with van der Waals surface area (Å²) in [6.07, 6.45) is 5.73. The average Bonchev–Trinajstić information content (AvgIpc) is 2.30. The van der Waals surface area contributed by atoms with E-state index in [1.165, 1.54) is 18.2 Å². The van der Waals surface area contributed by atoms with Gasteiger partial charge in [-0.05, 0) is 24.3 Å². The zero-order chi connectivity index (χ0) is 11.4. The van der Waals surface area contributed by atoms with Crippen LogP contribution in [0.4, 0.5) is 4.39 Å². The monoisotopic (exact) mass is 216 g/mol. The number of benzene rings is 1. The SMILES string of the molecule is O=C(N=C1CC=CC=N1)c1cccc(F)c1. The number of hydrogen-bond donors (Lipinski definition) is 0. The summed E-state index contributed by atoms with van der Waals surface area (Å²) in [5, 5.41) is 0. The first-order valence-electron chi connectivity index (χ1n) is 4.82. The Morgan fingerprint density at radius 3 is 3.00 bits per heavy atom. The number of hydrogen-bond acceptors (Lipinski definition) is 1. The molecule has 0 unspecified atom stereocenters. The first-order chi connectivity index (χ1) is 7.75. The number of aliphatic imine (C=N–C) groups is 2. The van der Waals surface area contributed by atoms with Crippen molar-refractivity contribution in [3.63, 3.8) is 0 Å². The molecule has 1 aromatic rings. The van der Waals surface area contributed by atoms with Crippen molar-refractivity contribution in [2.45, 2.75) is 6.42 Å². The molecule has 0 saturated carbocycles. The number of nitrogens with zero attached hydrogens (tertiary/aromatic N) is 2. The van der Waals surface area contributed by atoms with Gasteiger partial charge in [0.1, 0.15) is 11.7 Å². The molecule has 0 atom stereocenters. The highest BCUT2D eigenvalue weighted by Crippen LogP contribution is 2.06. The summed E-state index contributed by atoms with van der Waals surface area (Å²) in [4.78, 5) is 19.4. The molecule has 1 aliphatic rings. The summed E-state index contributed by atoms with van der Waals surface area (Å²) in [5.41, 5.74) is 0.234. The van der Waals surface area contributed by atoms with Gasteiger partial charge in [0.05, 0.1) is 0 Å². The Bertz CT molecular complexity index is 503. The second kappa shape index (κ2) is 4.61. The van der Waals surface area contributed by atoms with Crippen LogP contribution in [0.15, 0.2) is 46.4 Å². The van der Waals surface area contributed by atoms with Crippen molar-refractivity contribution in [1.82, 2.24) is 0 Å². The van der Waals surface area contributed by atoms with Crippen molar-refractivity contribution in [3.05, 3.63) is 47.8 Å². The second-order valence-corrected chi connectivity index (χ2v) is 3.25. The summed E-state index contributed by atoms with van der Waals surface area (Å²) in [5.74, 6) is -0.475. The predicted molar refractivity (Wildman–Crippen MR) is 60.4 cm³/mol. The standard InChI is InChI=1S/C12H9FN2O/c13-10-5-3-4-9(8-10)12(16)15-11-6-1-2-7-14-11/h1-5,7-8H,6H2. The minimum Gasteiger partial charge on any atom is -0.267 e. The minimum atomic E-state index is -0.470. The second-order valence-electron chi connectivity index (χ2n) is 3.25. The normalized spacial score (nSPS) is 16.7. The zero-order valence-corrected chi connectivity index (χ0v) is 8.43. The van der Waals surface area contributed by atoms with E-state index in [1.54, 1.807) is 12.3 Å². The Morgan fingerprint density at radius 2 is 2.31 bits per heavy atom. The number of amidine groups is 1. The van der Waals surface area contributed by atoms with Gasteiger partial charge in [0, 0.05) is 18.2 Å². The Kier molecular flexibility index (Phi) is 3.00. The molecule has 1 aliphatic heterocycles. The molecule has 1 heterocycles. The number of halogens is 1. The van der Waals surface area contributed by atoms with Gasteiger partial charge in [-0.25, -0.2) is 9.38 Å². The van der Waals surface area contributed by atoms with E-state index >= 15 is 0 Å². The van der Waals surface area contributed by atoms with Gasteiger partial charge in [-0.3, -0.25) is 4.79 Å². The molecule has 0 aliphatic carbocycles. The van der Waals surface area contributed by atoms with E-state index in [4.69, 9.17) is 0 Å². The fourth-order valence-corrected chi connectivity index (χ4v) is 1.29. The zero-order valence-electron chi connectivity index (χ0n) is 8.43. The summed E-state index contributed by atoms with van der Waals surface area (Å²) in [7, 11) is 0. The maximum atomic E-state index is 12.9. The van der Waals surface area contributed by atoms with Crippen LogP contribution < -0.4 is 0 Å². The fraction of sp³-hybridized carbons (Fsp3) is 0.0833. The van der Waals surface area contributed by atoms with Crippen molar-refractivity contribution in [2.75, 3.05) is 0 Å². The summed E-state index contributed by atoms with van der Waals surface area (Å²) >= 11 is 0. The smallest absolute Gasteiger partial charge is 0.267 e. The summed E-state index contributed by atoms with van der Waals surface area (Å²) in [6, 6.07) is 5.45. The van der Waals surface area contributed by atoms with Crippen molar-refractivity contribution in [2.24, 2.45) is 9.98 Å². The van der Waals surface area contributed by atoms with Crippen molar-refractivity contribution < 1.29 is 9.18 Å². The first kappa shape index (κ1) is 10.4. The molecule has 0 aromatic heterocycles. The number of amides is 1. The van der Waals surface area contributed by atoms with Crippen LogP contribution in [0.25, 0.3) is 0 Å². The molecule has 0 spiro atoms. The Labute approximate surface area is 92.0 Å². The average molecular weight is 216 g/mol. The molecule has 0 radical (unpaired) electrons. The minimum absolute atomic E-state index is 0.234. The van der Waals surface area contributed by atoms with E-state index in [0.29, 0.717) is 12.3 Å². The number of allylic oxidation sites excluding steroid dienone is 1. The Hall–Kier alpha value is -2.10. The maximum Gasteiger partial charge on any atom is 0.278 e. The lowest BCUT2D eigenvalue weighted by molar-refractivity contribution is 0.100. The molecule has 4 heteroatoms. The van der Waals surface area contributed by atoms with Crippen LogP contribution in [-0.2, 0) is 0 Å². The molecule has 16 heavy (non-hydrogen) atoms. The van der Waals surface area contributed by atoms with E-state index < -0.39 is 11.7 Å². The third kappa shape index (κ3) is 2.48. The van der Waals surface area contributed by atoms with Crippen LogP contribution in [0, 0.1) is 5.82 Å². The molecule has 0 saturated heterocycles. The summed E-state index contributed by atoms with van der Waals surface area (Å²) in [6.45, 7) is 0. The topological polar surface area (TPSA) is 41.8 Å². The van der Waals surface area contributed by atoms with Crippen molar-refractivity contribution in [3.8, 4) is 0 Å². The van der Waals surface area contributed by atoms with E-state index in [9.17, 15) is 9.18 Å². The highest BCUT2D eigenvalue weighted by Gasteiger charge is 2.07. The van der Waals surface area contributed by atoms with Crippen LogP contribution in [0.5, 0.6) is 0 Å². The number of carbonyl (C=O) groups excluding carboxylic acids is 1. The van der Waals surface area contributed by atoms with Gasteiger partial charge in [-0.1, -0.05) is 12.1 Å². The molecule has 3 nitrogen and oxygen atoms in total. The molecule has 0 N–H and O–H groups in total. The Morgan fingerprint density at radius 1 is 1.44 bits per heavy atom. The van der Waals surface area contributed by atoms with Crippen LogP contribution in [0.3, 0.4) is 0 Å². The lowest BCUT2D eigenvalue weighted by Crippen LogP contribution is -2.03. The van der Waals surface area contributed by atoms with Gasteiger partial charge in [-0.15, -0.1) is 0 Å². The maximum absolute atomic E-state index is 12.9. The molecular weight excluding hydrogens is 207 g/mol. The molecular formula is C12H9FN2O. The van der Waals surface area contributed by atoms with Gasteiger partial charge < -0.3 is 0 Å². The Balaban J connectivity index is 2.20. The lowest BCUT2D eigenvalue weighted by atomic mass is 10.2. The van der Waals surface area contributed by atoms with E-state index in [0.717, 1.165) is 6.07 Å². The summed E-state index contributed by atoms with van der Waals surface area (Å²) < 4.78 is 12.9. The van der Waals surface area contributed by atoms with Crippen molar-refractivity contribution in [1.29, 1.82) is 0 Å².